The third-order valence-electron chi connectivity index (χ3n) is 7.48. The highest BCUT2D eigenvalue weighted by Gasteiger charge is 2.57. The predicted molar refractivity (Wildman–Crippen MR) is 136 cm³/mol. The molecule has 2 saturated heterocycles. The number of carbonyl (C=O) groups excluding carboxylic acids is 4. The van der Waals surface area contributed by atoms with E-state index >= 15 is 0 Å². The molecule has 0 saturated carbocycles. The van der Waals surface area contributed by atoms with E-state index in [4.69, 9.17) is 0 Å². The van der Waals surface area contributed by atoms with Crippen LogP contribution in [0.2, 0.25) is 0 Å². The van der Waals surface area contributed by atoms with Crippen molar-refractivity contribution in [1.29, 1.82) is 0 Å². The average Bonchev–Trinajstić information content (AvgIpc) is 3.06. The van der Waals surface area contributed by atoms with Gasteiger partial charge < -0.3 is 15.1 Å². The van der Waals surface area contributed by atoms with E-state index in [2.05, 4.69) is 5.32 Å². The number of nitrogens with one attached hydrogen (secondary N) is 1. The molecular formula is C28H32F2N4O4. The Morgan fingerprint density at radius 3 is 2.26 bits per heavy atom. The molecule has 0 aromatic heterocycles. The van der Waals surface area contributed by atoms with E-state index < -0.39 is 35.2 Å². The normalized spacial score (nSPS) is 17.9. The number of likely N-dealkylation sites (tertiary alicyclic amines) is 1. The first kappa shape index (κ1) is 27.2. The standard InChI is InChI=1S/C28H32F2N4O4/c1-17(2)23(31-24(35)21-15-18(3)5-10-22(21)30)25(36)33-13-11-28(12-14-33)26(37)32(4)27(38)34(28)16-19-6-8-20(29)9-7-19/h5-10,15,17,23H,11-14,16H2,1-4H3,(H,31,35)/t23-/m1/s1. The van der Waals surface area contributed by atoms with E-state index in [9.17, 15) is 28.0 Å². The van der Waals surface area contributed by atoms with Crippen LogP contribution < -0.4 is 5.32 Å². The lowest BCUT2D eigenvalue weighted by atomic mass is 9.85. The third-order valence-corrected chi connectivity index (χ3v) is 7.48. The van der Waals surface area contributed by atoms with Gasteiger partial charge in [-0.1, -0.05) is 37.6 Å². The van der Waals surface area contributed by atoms with E-state index in [1.165, 1.54) is 36.2 Å². The highest BCUT2D eigenvalue weighted by Crippen LogP contribution is 2.38. The van der Waals surface area contributed by atoms with Crippen LogP contribution in [0.3, 0.4) is 0 Å². The Hall–Kier alpha value is -3.82. The SMILES string of the molecule is Cc1ccc(F)c(C(=O)N[C@@H](C(=O)N2CCC3(CC2)C(=O)N(C)C(=O)N3Cc2ccc(F)cc2)C(C)C)c1. The molecule has 2 aliphatic heterocycles. The van der Waals surface area contributed by atoms with Crippen LogP contribution in [0.25, 0.3) is 0 Å². The second kappa shape index (κ2) is 10.5. The number of likely N-dealkylation sites (N-methyl/N-ethyl adjacent to an activating group) is 1. The van der Waals surface area contributed by atoms with E-state index in [0.717, 1.165) is 10.5 Å². The van der Waals surface area contributed by atoms with Crippen LogP contribution in [0.1, 0.15) is 48.2 Å². The zero-order valence-corrected chi connectivity index (χ0v) is 22.0. The van der Waals surface area contributed by atoms with Crippen molar-refractivity contribution < 1.29 is 28.0 Å². The van der Waals surface area contributed by atoms with Gasteiger partial charge in [0.15, 0.2) is 0 Å². The van der Waals surface area contributed by atoms with Crippen molar-refractivity contribution in [3.8, 4) is 0 Å². The number of halogens is 2. The van der Waals surface area contributed by atoms with Crippen molar-refractivity contribution >= 4 is 23.8 Å². The molecule has 2 aromatic carbocycles. The largest absolute Gasteiger partial charge is 0.341 e. The van der Waals surface area contributed by atoms with Crippen molar-refractivity contribution in [2.24, 2.45) is 5.92 Å². The fraction of sp³-hybridized carbons (Fsp3) is 0.429. The van der Waals surface area contributed by atoms with Gasteiger partial charge in [0.05, 0.1) is 5.56 Å². The summed E-state index contributed by atoms with van der Waals surface area (Å²) in [4.78, 5) is 56.7. The van der Waals surface area contributed by atoms with Crippen LogP contribution in [0.5, 0.6) is 0 Å². The predicted octanol–water partition coefficient (Wildman–Crippen LogP) is 3.48. The van der Waals surface area contributed by atoms with Crippen LogP contribution >= 0.6 is 0 Å². The Labute approximate surface area is 220 Å². The molecule has 1 atom stereocenters. The van der Waals surface area contributed by atoms with Gasteiger partial charge in [0.1, 0.15) is 23.2 Å². The molecule has 2 fully saturated rings. The van der Waals surface area contributed by atoms with Gasteiger partial charge in [-0.15, -0.1) is 0 Å². The molecular weight excluding hydrogens is 494 g/mol. The van der Waals surface area contributed by atoms with E-state index in [1.54, 1.807) is 43.9 Å². The number of amides is 5. The van der Waals surface area contributed by atoms with Gasteiger partial charge in [0.25, 0.3) is 11.8 Å². The van der Waals surface area contributed by atoms with E-state index in [1.807, 2.05) is 0 Å². The lowest BCUT2D eigenvalue weighted by Crippen LogP contribution is -2.60. The number of rotatable bonds is 6. The average molecular weight is 527 g/mol. The fourth-order valence-electron chi connectivity index (χ4n) is 5.19. The zero-order valence-electron chi connectivity index (χ0n) is 22.0. The highest BCUT2D eigenvalue weighted by atomic mass is 19.1. The molecule has 2 aliphatic rings. The number of imide groups is 1. The Balaban J connectivity index is 1.49. The summed E-state index contributed by atoms with van der Waals surface area (Å²) in [6, 6.07) is 8.64. The van der Waals surface area contributed by atoms with Crippen molar-refractivity contribution in [2.75, 3.05) is 20.1 Å². The number of carbonyl (C=O) groups is 4. The van der Waals surface area contributed by atoms with Gasteiger partial charge in [-0.25, -0.2) is 13.6 Å². The van der Waals surface area contributed by atoms with E-state index in [0.29, 0.717) is 5.56 Å². The molecule has 5 amide bonds. The molecule has 2 aromatic rings. The quantitative estimate of drug-likeness (QED) is 0.584. The Bertz CT molecular complexity index is 1260. The van der Waals surface area contributed by atoms with Crippen molar-refractivity contribution in [3.05, 3.63) is 70.8 Å². The number of benzene rings is 2. The van der Waals surface area contributed by atoms with Gasteiger partial charge >= 0.3 is 6.03 Å². The van der Waals surface area contributed by atoms with Gasteiger partial charge in [0, 0.05) is 26.7 Å². The number of hydrogen-bond acceptors (Lipinski definition) is 4. The van der Waals surface area contributed by atoms with E-state index in [-0.39, 0.29) is 55.8 Å². The van der Waals surface area contributed by atoms with Gasteiger partial charge in [-0.2, -0.15) is 0 Å². The molecule has 1 spiro atoms. The molecule has 0 unspecified atom stereocenters. The van der Waals surface area contributed by atoms with Crippen LogP contribution in [-0.4, -0.2) is 70.2 Å². The summed E-state index contributed by atoms with van der Waals surface area (Å²) >= 11 is 0. The number of aryl methyl sites for hydroxylation is 1. The number of piperidine rings is 1. The summed E-state index contributed by atoms with van der Waals surface area (Å²) in [6.07, 6.45) is 0.445. The van der Waals surface area contributed by atoms with Gasteiger partial charge in [-0.3, -0.25) is 19.3 Å². The van der Waals surface area contributed by atoms with Crippen LogP contribution in [0.15, 0.2) is 42.5 Å². The summed E-state index contributed by atoms with van der Waals surface area (Å²) in [7, 11) is 1.43. The minimum absolute atomic E-state index is 0.129. The van der Waals surface area contributed by atoms with Crippen LogP contribution in [-0.2, 0) is 16.1 Å². The van der Waals surface area contributed by atoms with Gasteiger partial charge in [0.2, 0.25) is 5.91 Å². The van der Waals surface area contributed by atoms with Crippen LogP contribution in [0.4, 0.5) is 13.6 Å². The zero-order chi connectivity index (χ0) is 27.8. The first-order chi connectivity index (χ1) is 17.9. The maximum atomic E-state index is 14.3. The Morgan fingerprint density at radius 2 is 1.66 bits per heavy atom. The summed E-state index contributed by atoms with van der Waals surface area (Å²) in [6.45, 7) is 5.86. The van der Waals surface area contributed by atoms with Gasteiger partial charge in [-0.05, 0) is 55.5 Å². The van der Waals surface area contributed by atoms with Crippen LogP contribution in [0, 0.1) is 24.5 Å². The summed E-state index contributed by atoms with van der Waals surface area (Å²) in [5, 5.41) is 2.69. The molecule has 2 heterocycles. The second-order valence-electron chi connectivity index (χ2n) is 10.4. The summed E-state index contributed by atoms with van der Waals surface area (Å²) in [5.74, 6) is -2.67. The molecule has 8 nitrogen and oxygen atoms in total. The molecule has 1 N–H and O–H groups in total. The van der Waals surface area contributed by atoms with Crippen molar-refractivity contribution in [1.82, 2.24) is 20.0 Å². The maximum absolute atomic E-state index is 14.3. The fourth-order valence-corrected chi connectivity index (χ4v) is 5.19. The molecule has 10 heteroatoms. The number of hydrogen-bond donors (Lipinski definition) is 1. The topological polar surface area (TPSA) is 90.0 Å². The summed E-state index contributed by atoms with van der Waals surface area (Å²) < 4.78 is 27.6. The summed E-state index contributed by atoms with van der Waals surface area (Å²) in [5.41, 5.74) is 0.164. The number of urea groups is 1. The smallest absolute Gasteiger partial charge is 0.327 e. The van der Waals surface area contributed by atoms with Crippen molar-refractivity contribution in [2.45, 2.75) is 51.7 Å². The highest BCUT2D eigenvalue weighted by molar-refractivity contribution is 6.07. The van der Waals surface area contributed by atoms with Crippen molar-refractivity contribution in [3.63, 3.8) is 0 Å². The first-order valence-corrected chi connectivity index (χ1v) is 12.6. The maximum Gasteiger partial charge on any atom is 0.327 e. The second-order valence-corrected chi connectivity index (χ2v) is 10.4. The molecule has 0 aliphatic carbocycles. The molecule has 0 radical (unpaired) electrons. The third kappa shape index (κ3) is 4.99. The Kier molecular flexibility index (Phi) is 7.53. The molecule has 202 valence electrons. The first-order valence-electron chi connectivity index (χ1n) is 12.6. The number of nitrogens with zero attached hydrogens (tertiary/aromatic N) is 3. The molecule has 38 heavy (non-hydrogen) atoms. The molecule has 4 rings (SSSR count). The molecule has 0 bridgehead atoms. The monoisotopic (exact) mass is 526 g/mol. The lowest BCUT2D eigenvalue weighted by molar-refractivity contribution is -0.142. The minimum Gasteiger partial charge on any atom is -0.341 e. The Morgan fingerprint density at radius 1 is 1.03 bits per heavy atom. The minimum atomic E-state index is -1.11. The lowest BCUT2D eigenvalue weighted by Gasteiger charge is -2.43.